The van der Waals surface area contributed by atoms with Gasteiger partial charge in [-0.2, -0.15) is 0 Å². The quantitative estimate of drug-likeness (QED) is 0.164. The molecule has 3 aliphatic heterocycles. The second kappa shape index (κ2) is 15.9. The van der Waals surface area contributed by atoms with E-state index in [1.807, 2.05) is 0 Å². The molecule has 0 bridgehead atoms. The fraction of sp³-hybridized carbons (Fsp3) is 0.273. The fourth-order valence-electron chi connectivity index (χ4n) is 12.2. The van der Waals surface area contributed by atoms with Crippen LogP contribution in [0, 0.1) is 0 Å². The maximum atomic E-state index is 7.04. The molecule has 0 unspecified atom stereocenters. The molecule has 0 aromatic heterocycles. The molecule has 4 heteroatoms. The molecule has 0 spiro atoms. The molecule has 1 aliphatic carbocycles. The summed E-state index contributed by atoms with van der Waals surface area (Å²) in [5.41, 5.74) is 25.6. The molecule has 0 amide bonds. The van der Waals surface area contributed by atoms with Crippen LogP contribution in [0.15, 0.2) is 164 Å². The summed E-state index contributed by atoms with van der Waals surface area (Å²) in [6.07, 6.45) is 3.11. The summed E-state index contributed by atoms with van der Waals surface area (Å²) in [6.45, 7) is 24.2. The van der Waals surface area contributed by atoms with Gasteiger partial charge < -0.3 is 14.4 Å². The van der Waals surface area contributed by atoms with Gasteiger partial charge in [0.05, 0.1) is 6.61 Å². The fourth-order valence-corrected chi connectivity index (χ4v) is 12.2. The summed E-state index contributed by atoms with van der Waals surface area (Å²) in [6, 6.07) is 62.6. The van der Waals surface area contributed by atoms with Gasteiger partial charge in [0, 0.05) is 46.0 Å². The van der Waals surface area contributed by atoms with Gasteiger partial charge in [-0.15, -0.1) is 0 Å². The Morgan fingerprint density at radius 2 is 1.10 bits per heavy atom. The normalized spacial score (nSPS) is 16.2. The molecular formula is C66H65BN2O. The third-order valence-electron chi connectivity index (χ3n) is 16.4. The zero-order valence-electron chi connectivity index (χ0n) is 42.8. The van der Waals surface area contributed by atoms with Gasteiger partial charge in [0.25, 0.3) is 0 Å². The van der Waals surface area contributed by atoms with Gasteiger partial charge in [-0.25, -0.2) is 0 Å². The summed E-state index contributed by atoms with van der Waals surface area (Å²) in [5.74, 6) is 1.01. The van der Waals surface area contributed by atoms with Gasteiger partial charge in [-0.1, -0.05) is 172 Å². The van der Waals surface area contributed by atoms with Crippen LogP contribution in [0.3, 0.4) is 0 Å². The molecule has 0 saturated heterocycles. The van der Waals surface area contributed by atoms with Crippen LogP contribution in [0.2, 0.25) is 0 Å². The number of benzene rings is 8. The Morgan fingerprint density at radius 1 is 0.486 bits per heavy atom. The van der Waals surface area contributed by atoms with Crippen molar-refractivity contribution in [1.82, 2.24) is 0 Å². The smallest absolute Gasteiger partial charge is 0.333 e. The van der Waals surface area contributed by atoms with Gasteiger partial charge in [0.2, 0.25) is 0 Å². The van der Waals surface area contributed by atoms with Crippen LogP contribution in [0.1, 0.15) is 110 Å². The predicted octanol–water partition coefficient (Wildman–Crippen LogP) is 16.3. The summed E-state index contributed by atoms with van der Waals surface area (Å²) in [7, 11) is 0. The molecule has 70 heavy (non-hydrogen) atoms. The van der Waals surface area contributed by atoms with E-state index in [2.05, 4.69) is 243 Å². The Balaban J connectivity index is 1.23. The largest absolute Gasteiger partial charge is 0.493 e. The minimum Gasteiger partial charge on any atom is -0.493 e. The number of anilines is 5. The van der Waals surface area contributed by atoms with Gasteiger partial charge in [-0.3, -0.25) is 0 Å². The van der Waals surface area contributed by atoms with Crippen LogP contribution >= 0.6 is 0 Å². The Bertz CT molecular complexity index is 3370. The molecule has 0 radical (unpaired) electrons. The van der Waals surface area contributed by atoms with Crippen LogP contribution in [-0.2, 0) is 28.1 Å². The SMILES string of the molecule is CC(C)(C)c1ccc(N2B3c4ccc(-c5ccccc5)cc4N(c4cccc(-c5ccccc5)c4)c4cc5c(c(c43)-c3cc(C(C)(C)C)ccc32)CCOc2cc3c(cc2-5)C(C)(C)CCC3(C)C)cc1. The lowest BCUT2D eigenvalue weighted by Crippen LogP contribution is -2.62. The van der Waals surface area contributed by atoms with Crippen molar-refractivity contribution in [2.75, 3.05) is 16.3 Å². The van der Waals surface area contributed by atoms with Crippen LogP contribution in [0.25, 0.3) is 44.5 Å². The van der Waals surface area contributed by atoms with Crippen molar-refractivity contribution in [1.29, 1.82) is 0 Å². The lowest BCUT2D eigenvalue weighted by Gasteiger charge is -2.47. The second-order valence-electron chi connectivity index (χ2n) is 23.9. The van der Waals surface area contributed by atoms with E-state index in [1.54, 1.807) is 0 Å². The molecule has 348 valence electrons. The van der Waals surface area contributed by atoms with Crippen molar-refractivity contribution in [3.05, 3.63) is 192 Å². The van der Waals surface area contributed by atoms with Crippen molar-refractivity contribution in [2.24, 2.45) is 0 Å². The second-order valence-corrected chi connectivity index (χ2v) is 23.9. The highest BCUT2D eigenvalue weighted by molar-refractivity contribution is 6.93. The summed E-state index contributed by atoms with van der Waals surface area (Å²) < 4.78 is 7.04. The van der Waals surface area contributed by atoms with E-state index in [4.69, 9.17) is 4.74 Å². The first-order valence-electron chi connectivity index (χ1n) is 25.7. The first-order chi connectivity index (χ1) is 33.5. The topological polar surface area (TPSA) is 15.7 Å². The molecule has 4 aliphatic rings. The van der Waals surface area contributed by atoms with E-state index in [-0.39, 0.29) is 28.5 Å². The van der Waals surface area contributed by atoms with Crippen molar-refractivity contribution in [2.45, 2.75) is 110 Å². The standard InChI is InChI=1S/C66H65BN2O/c1-63(2,3)46-25-28-48(29-26-46)69-57-31-27-47(64(4,5)6)38-53(57)61-50-32-35-70-60-41-55-54(65(7,8)33-34-66(55,9)10)39-52(60)51(50)40-59-62(61)67(69)56-30-24-45(43-20-15-12-16-21-43)37-58(56)68(59)49-23-17-22-44(36-49)42-18-13-11-14-19-42/h11-31,36-41H,32-35H2,1-10H3. The van der Waals surface area contributed by atoms with Crippen molar-refractivity contribution >= 4 is 46.2 Å². The van der Waals surface area contributed by atoms with Crippen molar-refractivity contribution in [3.8, 4) is 50.3 Å². The number of rotatable bonds is 4. The molecule has 0 saturated carbocycles. The Kier molecular flexibility index (Phi) is 10.1. The number of nitrogens with zero attached hydrogens (tertiary/aromatic N) is 2. The molecule has 0 atom stereocenters. The molecular weight excluding hydrogens is 848 g/mol. The van der Waals surface area contributed by atoms with E-state index >= 15 is 0 Å². The van der Waals surface area contributed by atoms with Gasteiger partial charge in [-0.05, 0) is 167 Å². The molecule has 12 rings (SSSR count). The van der Waals surface area contributed by atoms with E-state index < -0.39 is 0 Å². The summed E-state index contributed by atoms with van der Waals surface area (Å²) in [4.78, 5) is 5.29. The minimum atomic E-state index is -0.121. The van der Waals surface area contributed by atoms with Crippen LogP contribution in [-0.4, -0.2) is 13.5 Å². The Labute approximate surface area is 417 Å². The average Bonchev–Trinajstić information content (AvgIpc) is 3.53. The highest BCUT2D eigenvalue weighted by Crippen LogP contribution is 2.55. The van der Waals surface area contributed by atoms with Crippen molar-refractivity contribution < 1.29 is 4.74 Å². The molecule has 0 fully saturated rings. The van der Waals surface area contributed by atoms with E-state index in [1.165, 1.54) is 106 Å². The average molecular weight is 913 g/mol. The highest BCUT2D eigenvalue weighted by Gasteiger charge is 2.48. The lowest BCUT2D eigenvalue weighted by atomic mass is 9.42. The van der Waals surface area contributed by atoms with Crippen LogP contribution in [0.5, 0.6) is 5.75 Å². The van der Waals surface area contributed by atoms with E-state index in [0.29, 0.717) is 6.61 Å². The molecule has 3 nitrogen and oxygen atoms in total. The first kappa shape index (κ1) is 44.4. The summed E-state index contributed by atoms with van der Waals surface area (Å²) >= 11 is 0. The number of fused-ring (bicyclic) bond motifs is 9. The lowest BCUT2D eigenvalue weighted by molar-refractivity contribution is 0.314. The highest BCUT2D eigenvalue weighted by atomic mass is 16.5. The number of hydrogen-bond acceptors (Lipinski definition) is 3. The van der Waals surface area contributed by atoms with E-state index in [9.17, 15) is 0 Å². The molecule has 8 aromatic carbocycles. The predicted molar refractivity (Wildman–Crippen MR) is 298 cm³/mol. The maximum Gasteiger partial charge on any atom is 0.333 e. The van der Waals surface area contributed by atoms with E-state index in [0.717, 1.165) is 30.7 Å². The van der Waals surface area contributed by atoms with Crippen molar-refractivity contribution in [3.63, 3.8) is 0 Å². The van der Waals surface area contributed by atoms with Crippen LogP contribution in [0.4, 0.5) is 28.4 Å². The van der Waals surface area contributed by atoms with Gasteiger partial charge in [0.1, 0.15) is 5.75 Å². The molecule has 3 heterocycles. The zero-order valence-corrected chi connectivity index (χ0v) is 42.8. The first-order valence-corrected chi connectivity index (χ1v) is 25.7. The monoisotopic (exact) mass is 913 g/mol. The third-order valence-corrected chi connectivity index (χ3v) is 16.4. The van der Waals surface area contributed by atoms with Crippen LogP contribution < -0.4 is 25.4 Å². The number of ether oxygens (including phenoxy) is 1. The van der Waals surface area contributed by atoms with Gasteiger partial charge >= 0.3 is 6.85 Å². The maximum absolute atomic E-state index is 7.04. The summed E-state index contributed by atoms with van der Waals surface area (Å²) in [5, 5.41) is 0. The molecule has 0 N–H and O–H groups in total. The minimum absolute atomic E-state index is 0.0277. The zero-order chi connectivity index (χ0) is 48.5. The third kappa shape index (κ3) is 7.15. The Hall–Kier alpha value is -6.78. The van der Waals surface area contributed by atoms with Gasteiger partial charge in [0.15, 0.2) is 0 Å². The molecule has 8 aromatic rings. The Morgan fingerprint density at radius 3 is 1.76 bits per heavy atom. The number of hydrogen-bond donors (Lipinski definition) is 0.